The van der Waals surface area contributed by atoms with E-state index in [4.69, 9.17) is 11.6 Å². The van der Waals surface area contributed by atoms with Crippen molar-refractivity contribution in [2.24, 2.45) is 0 Å². The predicted molar refractivity (Wildman–Crippen MR) is 130 cm³/mol. The van der Waals surface area contributed by atoms with Gasteiger partial charge in [-0.05, 0) is 32.3 Å². The molecular weight excluding hydrogens is 499 g/mol. The highest BCUT2D eigenvalue weighted by Gasteiger charge is 2.48. The highest BCUT2D eigenvalue weighted by molar-refractivity contribution is 6.32. The molecule has 5 heterocycles. The summed E-state index contributed by atoms with van der Waals surface area (Å²) in [4.78, 5) is 23.6. The van der Waals surface area contributed by atoms with Gasteiger partial charge in [-0.3, -0.25) is 9.48 Å². The summed E-state index contributed by atoms with van der Waals surface area (Å²) >= 11 is 6.39. The minimum absolute atomic E-state index is 0.254. The first-order chi connectivity index (χ1) is 17.9. The quantitative estimate of drug-likeness (QED) is 0.378. The van der Waals surface area contributed by atoms with Gasteiger partial charge in [0, 0.05) is 35.0 Å². The maximum atomic E-state index is 14.2. The van der Waals surface area contributed by atoms with Crippen molar-refractivity contribution in [3.63, 3.8) is 0 Å². The minimum Gasteiger partial charge on any atom is -0.324 e. The van der Waals surface area contributed by atoms with E-state index in [0.717, 1.165) is 24.1 Å². The molecule has 2 atom stereocenters. The van der Waals surface area contributed by atoms with Crippen molar-refractivity contribution in [3.8, 4) is 5.82 Å². The molecule has 0 aromatic carbocycles. The Morgan fingerprint density at radius 1 is 1.14 bits per heavy atom. The maximum Gasteiger partial charge on any atom is 0.235 e. The fourth-order valence-electron chi connectivity index (χ4n) is 5.19. The van der Waals surface area contributed by atoms with Gasteiger partial charge in [0.2, 0.25) is 11.9 Å². The molecule has 0 radical (unpaired) electrons. The molecule has 5 aromatic heterocycles. The molecule has 7 rings (SSSR count). The molecule has 0 spiro atoms. The lowest BCUT2D eigenvalue weighted by molar-refractivity contribution is -0.117. The van der Waals surface area contributed by atoms with Crippen LogP contribution in [0.15, 0.2) is 49.3 Å². The molecule has 0 saturated heterocycles. The van der Waals surface area contributed by atoms with Crippen LogP contribution >= 0.6 is 11.6 Å². The van der Waals surface area contributed by atoms with E-state index in [1.807, 2.05) is 24.0 Å². The standard InChI is InChI=1S/C24H20ClFN10O/c1-24(13-9-31-34(12-13)15-2-3-15)8-16(17-11-27-20-7-19(26)33-35(20)21(17)24)23(37)32-14-6-18(25)22(28-10-14)36-29-4-5-30-36/h4-7,9-12,15-16H,2-3,8H2,1H3,(H,32,37)/t16-,24-/m1/s1. The third-order valence-corrected chi connectivity index (χ3v) is 7.44. The van der Waals surface area contributed by atoms with Crippen LogP contribution in [0.5, 0.6) is 0 Å². The summed E-state index contributed by atoms with van der Waals surface area (Å²) in [5, 5.41) is 19.9. The maximum absolute atomic E-state index is 14.2. The lowest BCUT2D eigenvalue weighted by atomic mass is 9.80. The molecule has 0 aliphatic heterocycles. The monoisotopic (exact) mass is 518 g/mol. The first-order valence-electron chi connectivity index (χ1n) is 11.8. The third kappa shape index (κ3) is 3.50. The zero-order valence-electron chi connectivity index (χ0n) is 19.6. The Bertz CT molecular complexity index is 1670. The normalized spacial score (nSPS) is 20.9. The Kier molecular flexibility index (Phi) is 4.71. The number of carbonyl (C=O) groups is 1. The number of nitrogens with zero attached hydrogens (tertiary/aromatic N) is 9. The molecule has 37 heavy (non-hydrogen) atoms. The van der Waals surface area contributed by atoms with Crippen molar-refractivity contribution in [1.82, 2.24) is 44.4 Å². The molecular formula is C24H20ClFN10O. The van der Waals surface area contributed by atoms with Crippen LogP contribution in [0, 0.1) is 5.95 Å². The van der Waals surface area contributed by atoms with Crippen molar-refractivity contribution in [1.29, 1.82) is 0 Å². The van der Waals surface area contributed by atoms with Crippen LogP contribution < -0.4 is 5.32 Å². The zero-order valence-corrected chi connectivity index (χ0v) is 20.3. The molecule has 2 aliphatic rings. The summed E-state index contributed by atoms with van der Waals surface area (Å²) in [6, 6.07) is 3.30. The summed E-state index contributed by atoms with van der Waals surface area (Å²) < 4.78 is 17.7. The van der Waals surface area contributed by atoms with E-state index < -0.39 is 17.3 Å². The molecule has 2 aliphatic carbocycles. The average molecular weight is 519 g/mol. The highest BCUT2D eigenvalue weighted by Crippen LogP contribution is 2.50. The molecule has 5 aromatic rings. The van der Waals surface area contributed by atoms with Crippen LogP contribution in [0.25, 0.3) is 11.5 Å². The Labute approximate surface area is 214 Å². The van der Waals surface area contributed by atoms with Gasteiger partial charge in [-0.15, -0.1) is 9.90 Å². The second kappa shape index (κ2) is 7.90. The number of carbonyl (C=O) groups excluding carboxylic acids is 1. The van der Waals surface area contributed by atoms with E-state index in [-0.39, 0.29) is 10.9 Å². The number of pyridine rings is 1. The van der Waals surface area contributed by atoms with Crippen molar-refractivity contribution in [3.05, 3.63) is 77.1 Å². The van der Waals surface area contributed by atoms with E-state index in [2.05, 4.69) is 35.7 Å². The number of halogens is 2. The molecule has 0 bridgehead atoms. The van der Waals surface area contributed by atoms with Crippen molar-refractivity contribution >= 4 is 28.8 Å². The number of amides is 1. The number of nitrogens with one attached hydrogen (secondary N) is 1. The second-order valence-corrected chi connectivity index (χ2v) is 10.1. The molecule has 1 N–H and O–H groups in total. The second-order valence-electron chi connectivity index (χ2n) is 9.67. The van der Waals surface area contributed by atoms with Crippen LogP contribution in [0.4, 0.5) is 10.1 Å². The number of hydrogen-bond acceptors (Lipinski definition) is 7. The highest BCUT2D eigenvalue weighted by atomic mass is 35.5. The Hall–Kier alpha value is -4.19. The van der Waals surface area contributed by atoms with Crippen molar-refractivity contribution in [2.75, 3.05) is 5.32 Å². The topological polar surface area (TPSA) is 121 Å². The lowest BCUT2D eigenvalue weighted by Gasteiger charge is -2.24. The van der Waals surface area contributed by atoms with Crippen LogP contribution in [0.2, 0.25) is 5.02 Å². The van der Waals surface area contributed by atoms with Crippen molar-refractivity contribution in [2.45, 2.75) is 43.6 Å². The smallest absolute Gasteiger partial charge is 0.235 e. The molecule has 186 valence electrons. The molecule has 1 fully saturated rings. The molecule has 1 saturated carbocycles. The fourth-order valence-corrected chi connectivity index (χ4v) is 5.43. The number of anilines is 1. The lowest BCUT2D eigenvalue weighted by Crippen LogP contribution is -2.25. The summed E-state index contributed by atoms with van der Waals surface area (Å²) in [5.74, 6) is -1.10. The van der Waals surface area contributed by atoms with Gasteiger partial charge in [0.15, 0.2) is 11.5 Å². The van der Waals surface area contributed by atoms with Crippen LogP contribution in [-0.2, 0) is 10.2 Å². The Morgan fingerprint density at radius 3 is 2.70 bits per heavy atom. The van der Waals surface area contributed by atoms with E-state index >= 15 is 0 Å². The number of rotatable bonds is 5. The zero-order chi connectivity index (χ0) is 25.3. The van der Waals surface area contributed by atoms with Gasteiger partial charge in [0.25, 0.3) is 0 Å². The number of fused-ring (bicyclic) bond motifs is 3. The summed E-state index contributed by atoms with van der Waals surface area (Å²) in [5.41, 5.74) is 2.54. The minimum atomic E-state index is -0.643. The van der Waals surface area contributed by atoms with Crippen molar-refractivity contribution < 1.29 is 9.18 Å². The van der Waals surface area contributed by atoms with Gasteiger partial charge in [0.1, 0.15) is 0 Å². The van der Waals surface area contributed by atoms with E-state index in [9.17, 15) is 9.18 Å². The largest absolute Gasteiger partial charge is 0.324 e. The average Bonchev–Trinajstić information content (AvgIpc) is 3.26. The summed E-state index contributed by atoms with van der Waals surface area (Å²) in [6.07, 6.45) is 12.7. The van der Waals surface area contributed by atoms with Gasteiger partial charge in [-0.1, -0.05) is 11.6 Å². The molecule has 13 heteroatoms. The SMILES string of the molecule is C[C@]1(c2cnn(C3CC3)c2)C[C@@H](C(=O)Nc2cnc(-n3nccn3)c(Cl)c2)c2cnc3cc(F)nn3c21. The van der Waals surface area contributed by atoms with Crippen LogP contribution in [-0.4, -0.2) is 50.3 Å². The van der Waals surface area contributed by atoms with Gasteiger partial charge in [-0.2, -0.15) is 19.7 Å². The van der Waals surface area contributed by atoms with Gasteiger partial charge >= 0.3 is 0 Å². The number of hydrogen-bond donors (Lipinski definition) is 1. The molecule has 11 nitrogen and oxygen atoms in total. The van der Waals surface area contributed by atoms with E-state index in [0.29, 0.717) is 35.2 Å². The van der Waals surface area contributed by atoms with Crippen LogP contribution in [0.1, 0.15) is 55.0 Å². The van der Waals surface area contributed by atoms with Gasteiger partial charge in [0.05, 0.1) is 53.2 Å². The Morgan fingerprint density at radius 2 is 1.95 bits per heavy atom. The molecule has 0 unspecified atom stereocenters. The van der Waals surface area contributed by atoms with Crippen LogP contribution in [0.3, 0.4) is 0 Å². The predicted octanol–water partition coefficient (Wildman–Crippen LogP) is 3.46. The summed E-state index contributed by atoms with van der Waals surface area (Å²) in [7, 11) is 0. The van der Waals surface area contributed by atoms with E-state index in [1.54, 1.807) is 12.3 Å². The first kappa shape index (κ1) is 22.0. The Balaban J connectivity index is 1.26. The van der Waals surface area contributed by atoms with Gasteiger partial charge < -0.3 is 5.32 Å². The fraction of sp³-hybridized carbons (Fsp3) is 0.292. The van der Waals surface area contributed by atoms with E-state index in [1.165, 1.54) is 34.0 Å². The molecule has 1 amide bonds. The third-order valence-electron chi connectivity index (χ3n) is 7.17. The number of aromatic nitrogens is 9. The first-order valence-corrected chi connectivity index (χ1v) is 12.2. The van der Waals surface area contributed by atoms with Gasteiger partial charge in [-0.25, -0.2) is 14.5 Å². The summed E-state index contributed by atoms with van der Waals surface area (Å²) in [6.45, 7) is 2.04.